The summed E-state index contributed by atoms with van der Waals surface area (Å²) in [4.78, 5) is 12.9. The highest BCUT2D eigenvalue weighted by molar-refractivity contribution is 7.81. The van der Waals surface area contributed by atoms with E-state index in [0.29, 0.717) is 6.54 Å². The van der Waals surface area contributed by atoms with Crippen molar-refractivity contribution in [2.24, 2.45) is 0 Å². The van der Waals surface area contributed by atoms with Gasteiger partial charge in [-0.3, -0.25) is 4.79 Å². The zero-order valence-electron chi connectivity index (χ0n) is 7.29. The van der Waals surface area contributed by atoms with Crippen molar-refractivity contribution in [3.05, 3.63) is 0 Å². The molecule has 3 nitrogen and oxygen atoms in total. The Hall–Kier alpha value is -0.220. The quantitative estimate of drug-likeness (QED) is 0.590. The first kappa shape index (κ1) is 10.8. The standard InChI is InChI=1S/C7H16N2OS/c1-6(11)7(10)8-4-5-9(2)3/h6,11H,4-5H2,1-3H3,(H,8,10). The lowest BCUT2D eigenvalue weighted by Gasteiger charge is -2.11. The van der Waals surface area contributed by atoms with Crippen LogP contribution in [0.5, 0.6) is 0 Å². The summed E-state index contributed by atoms with van der Waals surface area (Å²) in [6, 6.07) is 0. The maximum atomic E-state index is 10.9. The first-order chi connectivity index (χ1) is 5.04. The second-order valence-corrected chi connectivity index (χ2v) is 3.54. The van der Waals surface area contributed by atoms with E-state index in [0.717, 1.165) is 6.54 Å². The zero-order valence-corrected chi connectivity index (χ0v) is 8.19. The van der Waals surface area contributed by atoms with Crippen molar-refractivity contribution in [3.8, 4) is 0 Å². The van der Waals surface area contributed by atoms with Gasteiger partial charge in [-0.25, -0.2) is 0 Å². The van der Waals surface area contributed by atoms with Gasteiger partial charge in [0, 0.05) is 13.1 Å². The van der Waals surface area contributed by atoms with Gasteiger partial charge >= 0.3 is 0 Å². The van der Waals surface area contributed by atoms with E-state index in [1.54, 1.807) is 6.92 Å². The molecule has 0 saturated carbocycles. The molecule has 0 aromatic carbocycles. The van der Waals surface area contributed by atoms with Crippen LogP contribution in [0, 0.1) is 0 Å². The molecule has 4 heteroatoms. The van der Waals surface area contributed by atoms with Crippen LogP contribution in [0.25, 0.3) is 0 Å². The minimum absolute atomic E-state index is 0.00446. The van der Waals surface area contributed by atoms with E-state index >= 15 is 0 Å². The predicted molar refractivity (Wildman–Crippen MR) is 50.0 cm³/mol. The Labute approximate surface area is 73.6 Å². The number of hydrogen-bond donors (Lipinski definition) is 2. The average Bonchev–Trinajstić information content (AvgIpc) is 1.86. The first-order valence-corrected chi connectivity index (χ1v) is 4.16. The molecule has 1 N–H and O–H groups in total. The number of nitrogens with zero attached hydrogens (tertiary/aromatic N) is 1. The molecule has 0 bridgehead atoms. The number of carbonyl (C=O) groups is 1. The normalized spacial score (nSPS) is 13.2. The molecule has 11 heavy (non-hydrogen) atoms. The van der Waals surface area contributed by atoms with Crippen molar-refractivity contribution < 1.29 is 4.79 Å². The molecule has 0 aliphatic heterocycles. The van der Waals surface area contributed by atoms with Gasteiger partial charge < -0.3 is 10.2 Å². The molecule has 1 amide bonds. The lowest BCUT2D eigenvalue weighted by Crippen LogP contribution is -2.35. The van der Waals surface area contributed by atoms with Crippen LogP contribution in [0.1, 0.15) is 6.92 Å². The number of hydrogen-bond acceptors (Lipinski definition) is 3. The number of nitrogens with one attached hydrogen (secondary N) is 1. The zero-order chi connectivity index (χ0) is 8.85. The van der Waals surface area contributed by atoms with Gasteiger partial charge in [-0.1, -0.05) is 0 Å². The number of amides is 1. The molecule has 1 unspecified atom stereocenters. The van der Waals surface area contributed by atoms with E-state index in [4.69, 9.17) is 0 Å². The van der Waals surface area contributed by atoms with Crippen LogP contribution >= 0.6 is 12.6 Å². The van der Waals surface area contributed by atoms with Crippen LogP contribution in [-0.2, 0) is 4.79 Å². The van der Waals surface area contributed by atoms with Crippen molar-refractivity contribution >= 4 is 18.5 Å². The Kier molecular flexibility index (Phi) is 5.32. The van der Waals surface area contributed by atoms with Gasteiger partial charge in [-0.05, 0) is 21.0 Å². The molecule has 0 spiro atoms. The molecule has 0 aromatic heterocycles. The van der Waals surface area contributed by atoms with Gasteiger partial charge in [0.05, 0.1) is 5.25 Å². The summed E-state index contributed by atoms with van der Waals surface area (Å²) < 4.78 is 0. The fraction of sp³-hybridized carbons (Fsp3) is 0.857. The molecule has 0 rings (SSSR count). The molecule has 0 radical (unpaired) electrons. The second-order valence-electron chi connectivity index (χ2n) is 2.77. The van der Waals surface area contributed by atoms with Gasteiger partial charge in [-0.2, -0.15) is 12.6 Å². The third-order valence-corrected chi connectivity index (χ3v) is 1.47. The summed E-state index contributed by atoms with van der Waals surface area (Å²) in [7, 11) is 3.94. The van der Waals surface area contributed by atoms with E-state index < -0.39 is 0 Å². The Balaban J connectivity index is 3.32. The average molecular weight is 176 g/mol. The van der Waals surface area contributed by atoms with Gasteiger partial charge in [0.15, 0.2) is 0 Å². The lowest BCUT2D eigenvalue weighted by molar-refractivity contribution is -0.120. The Morgan fingerprint density at radius 2 is 2.18 bits per heavy atom. The summed E-state index contributed by atoms with van der Waals surface area (Å²) in [5, 5.41) is 2.55. The first-order valence-electron chi connectivity index (χ1n) is 3.64. The summed E-state index contributed by atoms with van der Waals surface area (Å²) in [5.41, 5.74) is 0. The van der Waals surface area contributed by atoms with Crippen molar-refractivity contribution in [1.29, 1.82) is 0 Å². The number of rotatable bonds is 4. The van der Waals surface area contributed by atoms with Crippen LogP contribution in [0.2, 0.25) is 0 Å². The van der Waals surface area contributed by atoms with Gasteiger partial charge in [-0.15, -0.1) is 0 Å². The minimum atomic E-state index is -0.211. The molecular formula is C7H16N2OS. The van der Waals surface area contributed by atoms with E-state index in [1.807, 2.05) is 19.0 Å². The molecule has 0 heterocycles. The molecule has 0 fully saturated rings. The Morgan fingerprint density at radius 3 is 2.55 bits per heavy atom. The second kappa shape index (κ2) is 5.43. The number of likely N-dealkylation sites (N-methyl/N-ethyl adjacent to an activating group) is 1. The van der Waals surface area contributed by atoms with Crippen molar-refractivity contribution in [1.82, 2.24) is 10.2 Å². The summed E-state index contributed by atoms with van der Waals surface area (Å²) in [5.74, 6) is -0.00446. The maximum absolute atomic E-state index is 10.9. The van der Waals surface area contributed by atoms with E-state index in [2.05, 4.69) is 17.9 Å². The summed E-state index contributed by atoms with van der Waals surface area (Å²) in [6.45, 7) is 3.32. The number of carbonyl (C=O) groups excluding carboxylic acids is 1. The smallest absolute Gasteiger partial charge is 0.232 e. The fourth-order valence-corrected chi connectivity index (χ4v) is 0.642. The molecule has 0 saturated heterocycles. The topological polar surface area (TPSA) is 32.3 Å². The highest BCUT2D eigenvalue weighted by Gasteiger charge is 2.05. The molecule has 1 atom stereocenters. The highest BCUT2D eigenvalue weighted by atomic mass is 32.1. The molecule has 0 aromatic rings. The Bertz CT molecular complexity index is 126. The largest absolute Gasteiger partial charge is 0.354 e. The number of thiol groups is 1. The van der Waals surface area contributed by atoms with Crippen LogP contribution in [0.3, 0.4) is 0 Å². The lowest BCUT2D eigenvalue weighted by atomic mass is 10.4. The van der Waals surface area contributed by atoms with Gasteiger partial charge in [0.1, 0.15) is 0 Å². The van der Waals surface area contributed by atoms with Crippen LogP contribution in [0.15, 0.2) is 0 Å². The fourth-order valence-electron chi connectivity index (χ4n) is 0.550. The summed E-state index contributed by atoms with van der Waals surface area (Å²) >= 11 is 3.99. The monoisotopic (exact) mass is 176 g/mol. The molecular weight excluding hydrogens is 160 g/mol. The van der Waals surface area contributed by atoms with E-state index in [-0.39, 0.29) is 11.2 Å². The van der Waals surface area contributed by atoms with Crippen LogP contribution in [0.4, 0.5) is 0 Å². The molecule has 0 aliphatic rings. The minimum Gasteiger partial charge on any atom is -0.354 e. The highest BCUT2D eigenvalue weighted by Crippen LogP contribution is 1.90. The predicted octanol–water partition coefficient (Wildman–Crippen LogP) is -0.0175. The third kappa shape index (κ3) is 6.19. The van der Waals surface area contributed by atoms with Crippen LogP contribution < -0.4 is 5.32 Å². The van der Waals surface area contributed by atoms with Gasteiger partial charge in [0.25, 0.3) is 0 Å². The molecule has 0 aliphatic carbocycles. The van der Waals surface area contributed by atoms with E-state index in [1.165, 1.54) is 0 Å². The van der Waals surface area contributed by atoms with Gasteiger partial charge in [0.2, 0.25) is 5.91 Å². The van der Waals surface area contributed by atoms with E-state index in [9.17, 15) is 4.79 Å². The van der Waals surface area contributed by atoms with Crippen molar-refractivity contribution in [3.63, 3.8) is 0 Å². The molecule has 66 valence electrons. The summed E-state index contributed by atoms with van der Waals surface area (Å²) in [6.07, 6.45) is 0. The SMILES string of the molecule is CC(S)C(=O)NCCN(C)C. The van der Waals surface area contributed by atoms with Crippen molar-refractivity contribution in [2.45, 2.75) is 12.2 Å². The Morgan fingerprint density at radius 1 is 1.64 bits per heavy atom. The van der Waals surface area contributed by atoms with Crippen molar-refractivity contribution in [2.75, 3.05) is 27.2 Å². The maximum Gasteiger partial charge on any atom is 0.232 e. The third-order valence-electron chi connectivity index (χ3n) is 1.24. The van der Waals surface area contributed by atoms with Crippen LogP contribution in [-0.4, -0.2) is 43.2 Å².